The van der Waals surface area contributed by atoms with Crippen molar-refractivity contribution in [2.45, 2.75) is 13.8 Å². The van der Waals surface area contributed by atoms with Crippen LogP contribution in [0.4, 0.5) is 0 Å². The Morgan fingerprint density at radius 3 is 2.38 bits per heavy atom. The van der Waals surface area contributed by atoms with Gasteiger partial charge in [-0.3, -0.25) is 4.79 Å². The van der Waals surface area contributed by atoms with E-state index in [-0.39, 0.29) is 18.2 Å². The Balaban J connectivity index is 3.97. The van der Waals surface area contributed by atoms with E-state index in [1.807, 2.05) is 0 Å². The molecule has 6 heteroatoms. The summed E-state index contributed by atoms with van der Waals surface area (Å²) in [6.45, 7) is 3.28. The van der Waals surface area contributed by atoms with E-state index in [2.05, 4.69) is 9.46 Å². The summed E-state index contributed by atoms with van der Waals surface area (Å²) >= 11 is 0. The van der Waals surface area contributed by atoms with Crippen LogP contribution in [0.1, 0.15) is 13.8 Å². The SMILES string of the molecule is COC(=O)CNS(=O)(=O)CC(C)C. The Kier molecular flexibility index (Phi) is 4.94. The maximum Gasteiger partial charge on any atom is 0.320 e. The van der Waals surface area contributed by atoms with Gasteiger partial charge in [0.1, 0.15) is 6.54 Å². The summed E-state index contributed by atoms with van der Waals surface area (Å²) < 4.78 is 28.7. The lowest BCUT2D eigenvalue weighted by Gasteiger charge is -2.07. The fourth-order valence-electron chi connectivity index (χ4n) is 0.739. The molecule has 0 aliphatic heterocycles. The number of esters is 1. The van der Waals surface area contributed by atoms with Crippen LogP contribution in [0.25, 0.3) is 0 Å². The molecule has 0 aromatic rings. The first kappa shape index (κ1) is 12.4. The van der Waals surface area contributed by atoms with Gasteiger partial charge >= 0.3 is 5.97 Å². The van der Waals surface area contributed by atoms with Crippen LogP contribution in [0, 0.1) is 5.92 Å². The second kappa shape index (κ2) is 5.18. The molecule has 0 saturated carbocycles. The molecule has 0 aromatic heterocycles. The van der Waals surface area contributed by atoms with Gasteiger partial charge in [-0.1, -0.05) is 13.8 Å². The molecule has 0 aromatic carbocycles. The molecule has 0 amide bonds. The van der Waals surface area contributed by atoms with E-state index in [1.54, 1.807) is 13.8 Å². The third kappa shape index (κ3) is 6.53. The van der Waals surface area contributed by atoms with Crippen molar-refractivity contribution in [1.29, 1.82) is 0 Å². The van der Waals surface area contributed by atoms with Crippen molar-refractivity contribution in [3.63, 3.8) is 0 Å². The van der Waals surface area contributed by atoms with Gasteiger partial charge in [0.25, 0.3) is 0 Å². The minimum absolute atomic E-state index is 0.0179. The Bertz CT molecular complexity index is 258. The highest BCUT2D eigenvalue weighted by molar-refractivity contribution is 7.89. The molecule has 0 unspecified atom stereocenters. The van der Waals surface area contributed by atoms with Crippen molar-refractivity contribution in [3.8, 4) is 0 Å². The molecule has 0 fully saturated rings. The molecule has 0 saturated heterocycles. The number of ether oxygens (including phenoxy) is 1. The third-order valence-corrected chi connectivity index (χ3v) is 2.91. The van der Waals surface area contributed by atoms with E-state index in [1.165, 1.54) is 7.11 Å². The lowest BCUT2D eigenvalue weighted by molar-refractivity contribution is -0.139. The molecule has 13 heavy (non-hydrogen) atoms. The van der Waals surface area contributed by atoms with Crippen molar-refractivity contribution in [1.82, 2.24) is 4.72 Å². The van der Waals surface area contributed by atoms with E-state index in [0.717, 1.165) is 0 Å². The van der Waals surface area contributed by atoms with E-state index in [9.17, 15) is 13.2 Å². The highest BCUT2D eigenvalue weighted by atomic mass is 32.2. The average Bonchev–Trinajstić information content (AvgIpc) is 1.98. The van der Waals surface area contributed by atoms with E-state index < -0.39 is 16.0 Å². The number of sulfonamides is 1. The minimum Gasteiger partial charge on any atom is -0.468 e. The normalized spacial score (nSPS) is 11.7. The van der Waals surface area contributed by atoms with Crippen LogP contribution in [-0.2, 0) is 19.6 Å². The zero-order valence-corrected chi connectivity index (χ0v) is 8.85. The van der Waals surface area contributed by atoms with Gasteiger partial charge < -0.3 is 4.74 Å². The van der Waals surface area contributed by atoms with E-state index in [4.69, 9.17) is 0 Å². The van der Waals surface area contributed by atoms with Gasteiger partial charge in [0, 0.05) is 0 Å². The summed E-state index contributed by atoms with van der Waals surface area (Å²) in [4.78, 5) is 10.6. The quantitative estimate of drug-likeness (QED) is 0.633. The Labute approximate surface area is 78.5 Å². The van der Waals surface area contributed by atoms with Gasteiger partial charge in [-0.15, -0.1) is 0 Å². The van der Waals surface area contributed by atoms with Crippen molar-refractivity contribution in [2.75, 3.05) is 19.4 Å². The summed E-state index contributed by atoms with van der Waals surface area (Å²) in [5, 5.41) is 0. The van der Waals surface area contributed by atoms with Crippen LogP contribution >= 0.6 is 0 Å². The molecule has 0 atom stereocenters. The predicted octanol–water partition coefficient (Wildman–Crippen LogP) is -0.265. The minimum atomic E-state index is -3.34. The summed E-state index contributed by atoms with van der Waals surface area (Å²) in [6, 6.07) is 0. The van der Waals surface area contributed by atoms with Crippen LogP contribution in [0.2, 0.25) is 0 Å². The lowest BCUT2D eigenvalue weighted by Crippen LogP contribution is -2.33. The number of rotatable bonds is 5. The van der Waals surface area contributed by atoms with Crippen LogP contribution in [0.5, 0.6) is 0 Å². The third-order valence-electron chi connectivity index (χ3n) is 1.22. The molecule has 78 valence electrons. The number of carbonyl (C=O) groups excluding carboxylic acids is 1. The standard InChI is InChI=1S/C7H15NO4S/c1-6(2)5-13(10,11)8-4-7(9)12-3/h6,8H,4-5H2,1-3H3. The summed E-state index contributed by atoms with van der Waals surface area (Å²) in [6.07, 6.45) is 0. The van der Waals surface area contributed by atoms with E-state index >= 15 is 0 Å². The number of hydrogen-bond acceptors (Lipinski definition) is 4. The van der Waals surface area contributed by atoms with Crippen molar-refractivity contribution < 1.29 is 17.9 Å². The molecule has 0 radical (unpaired) electrons. The first-order valence-corrected chi connectivity index (χ1v) is 5.56. The molecule has 0 aliphatic carbocycles. The van der Waals surface area contributed by atoms with Gasteiger partial charge in [-0.05, 0) is 5.92 Å². The van der Waals surface area contributed by atoms with Gasteiger partial charge in [0.2, 0.25) is 10.0 Å². The highest BCUT2D eigenvalue weighted by Gasteiger charge is 2.13. The van der Waals surface area contributed by atoms with Crippen molar-refractivity contribution in [2.24, 2.45) is 5.92 Å². The molecule has 0 spiro atoms. The van der Waals surface area contributed by atoms with Gasteiger partial charge in [-0.2, -0.15) is 0 Å². The first-order chi connectivity index (χ1) is 5.87. The number of nitrogens with one attached hydrogen (secondary N) is 1. The maximum absolute atomic E-state index is 11.1. The molecule has 0 heterocycles. The Hall–Kier alpha value is -0.620. The number of carbonyl (C=O) groups is 1. The monoisotopic (exact) mass is 209 g/mol. The Morgan fingerprint density at radius 2 is 2.00 bits per heavy atom. The fourth-order valence-corrected chi connectivity index (χ4v) is 2.07. The van der Waals surface area contributed by atoms with Gasteiger partial charge in [0.05, 0.1) is 12.9 Å². The van der Waals surface area contributed by atoms with Gasteiger partial charge in [0.15, 0.2) is 0 Å². The van der Waals surface area contributed by atoms with E-state index in [0.29, 0.717) is 0 Å². The van der Waals surface area contributed by atoms with Crippen LogP contribution < -0.4 is 4.72 Å². The summed E-state index contributed by atoms with van der Waals surface area (Å²) in [7, 11) is -2.13. The highest BCUT2D eigenvalue weighted by Crippen LogP contribution is 1.96. The van der Waals surface area contributed by atoms with Crippen LogP contribution in [0.15, 0.2) is 0 Å². The Morgan fingerprint density at radius 1 is 1.46 bits per heavy atom. The van der Waals surface area contributed by atoms with Crippen molar-refractivity contribution in [3.05, 3.63) is 0 Å². The van der Waals surface area contributed by atoms with Crippen molar-refractivity contribution >= 4 is 16.0 Å². The molecule has 0 bridgehead atoms. The number of hydrogen-bond donors (Lipinski definition) is 1. The zero-order chi connectivity index (χ0) is 10.5. The second-order valence-electron chi connectivity index (χ2n) is 3.07. The summed E-state index contributed by atoms with van der Waals surface area (Å²) in [5.74, 6) is -0.535. The van der Waals surface area contributed by atoms with Crippen LogP contribution in [0.3, 0.4) is 0 Å². The summed E-state index contributed by atoms with van der Waals surface area (Å²) in [5.41, 5.74) is 0. The van der Waals surface area contributed by atoms with Gasteiger partial charge in [-0.25, -0.2) is 13.1 Å². The predicted molar refractivity (Wildman–Crippen MR) is 48.6 cm³/mol. The average molecular weight is 209 g/mol. The molecular weight excluding hydrogens is 194 g/mol. The fraction of sp³-hybridized carbons (Fsp3) is 0.857. The first-order valence-electron chi connectivity index (χ1n) is 3.91. The molecular formula is C7H15NO4S. The number of methoxy groups -OCH3 is 1. The maximum atomic E-state index is 11.1. The smallest absolute Gasteiger partial charge is 0.320 e. The topological polar surface area (TPSA) is 72.5 Å². The molecule has 0 aliphatic rings. The zero-order valence-electron chi connectivity index (χ0n) is 8.03. The lowest BCUT2D eigenvalue weighted by atomic mass is 10.3. The molecule has 1 N–H and O–H groups in total. The molecule has 0 rings (SSSR count). The second-order valence-corrected chi connectivity index (χ2v) is 4.92. The molecule has 5 nitrogen and oxygen atoms in total. The van der Waals surface area contributed by atoms with Crippen LogP contribution in [-0.4, -0.2) is 33.8 Å². The largest absolute Gasteiger partial charge is 0.468 e.